The predicted octanol–water partition coefficient (Wildman–Crippen LogP) is 1.77. The molecule has 1 atom stereocenters. The number of nitrogen functional groups attached to an aromatic ring is 1. The zero-order valence-electron chi connectivity index (χ0n) is 13.3. The fourth-order valence-corrected chi connectivity index (χ4v) is 0.959. The standard InChI is InChI=1S/C10H13NO/c11-10-3-1-8(2-4-10)9-5-6-12-7-9/h1-4,9H,5-7,11H2/i5D2,6D2,7D2,9D. The Morgan fingerprint density at radius 1 is 1.50 bits per heavy atom. The van der Waals surface area contributed by atoms with Crippen LogP contribution in [0.2, 0.25) is 0 Å². The van der Waals surface area contributed by atoms with Crippen LogP contribution in [0.15, 0.2) is 24.3 Å². The normalized spacial score (nSPS) is 50.2. The lowest BCUT2D eigenvalue weighted by Gasteiger charge is -2.07. The van der Waals surface area contributed by atoms with Crippen molar-refractivity contribution in [3.05, 3.63) is 29.8 Å². The van der Waals surface area contributed by atoms with Crippen molar-refractivity contribution in [2.24, 2.45) is 0 Å². The molecule has 2 rings (SSSR count). The number of nitrogens with two attached hydrogens (primary N) is 1. The fraction of sp³-hybridized carbons (Fsp3) is 0.400. The Morgan fingerprint density at radius 3 is 2.83 bits per heavy atom. The van der Waals surface area contributed by atoms with Crippen molar-refractivity contribution in [3.8, 4) is 0 Å². The molecule has 0 amide bonds. The lowest BCUT2D eigenvalue weighted by molar-refractivity contribution is 0.194. The first kappa shape index (κ1) is 3.04. The molecule has 1 heterocycles. The summed E-state index contributed by atoms with van der Waals surface area (Å²) in [5.74, 6) is -2.53. The largest absolute Gasteiger partial charge is 0.399 e. The van der Waals surface area contributed by atoms with Gasteiger partial charge in [-0.15, -0.1) is 0 Å². The molecule has 1 aliphatic heterocycles. The molecule has 0 radical (unpaired) electrons. The molecule has 1 fully saturated rings. The molecule has 1 aromatic rings. The van der Waals surface area contributed by atoms with Crippen LogP contribution in [0.25, 0.3) is 0 Å². The van der Waals surface area contributed by atoms with Gasteiger partial charge in [-0.25, -0.2) is 0 Å². The Kier molecular flexibility index (Phi) is 0.797. The third kappa shape index (κ3) is 1.43. The third-order valence-electron chi connectivity index (χ3n) is 1.58. The van der Waals surface area contributed by atoms with Crippen molar-refractivity contribution in [2.75, 3.05) is 18.9 Å². The maximum absolute atomic E-state index is 8.20. The fourth-order valence-electron chi connectivity index (χ4n) is 0.959. The SMILES string of the molecule is [2H]C1([2H])OC([2H])([2H])C([2H])(c2ccc(N)cc2)C1([2H])[2H]. The summed E-state index contributed by atoms with van der Waals surface area (Å²) in [5.41, 5.74) is 5.86. The second kappa shape index (κ2) is 3.15. The van der Waals surface area contributed by atoms with Crippen LogP contribution in [0.4, 0.5) is 5.69 Å². The summed E-state index contributed by atoms with van der Waals surface area (Å²) in [6.45, 7) is -5.71. The minimum Gasteiger partial charge on any atom is -0.399 e. The van der Waals surface area contributed by atoms with Crippen LogP contribution in [-0.4, -0.2) is 13.1 Å². The Morgan fingerprint density at radius 2 is 2.25 bits per heavy atom. The van der Waals surface area contributed by atoms with Crippen molar-refractivity contribution in [1.29, 1.82) is 0 Å². The summed E-state index contributed by atoms with van der Waals surface area (Å²) in [7, 11) is 0. The molecule has 1 aromatic carbocycles. The zero-order chi connectivity index (χ0) is 14.7. The minimum absolute atomic E-state index is 0.0296. The van der Waals surface area contributed by atoms with Crippen molar-refractivity contribution >= 4 is 5.69 Å². The molecule has 2 N–H and O–H groups in total. The molecule has 0 bridgehead atoms. The molecule has 0 saturated carbocycles. The smallest absolute Gasteiger partial charge is 0.0573 e. The van der Waals surface area contributed by atoms with E-state index in [9.17, 15) is 0 Å². The number of anilines is 1. The van der Waals surface area contributed by atoms with E-state index in [1.165, 1.54) is 24.3 Å². The summed E-state index contributed by atoms with van der Waals surface area (Å²) < 4.78 is 58.6. The van der Waals surface area contributed by atoms with Gasteiger partial charge in [0.2, 0.25) is 0 Å². The van der Waals surface area contributed by atoms with Crippen LogP contribution in [0.1, 0.15) is 27.4 Å². The van der Waals surface area contributed by atoms with E-state index in [4.69, 9.17) is 15.3 Å². The van der Waals surface area contributed by atoms with Crippen molar-refractivity contribution in [3.63, 3.8) is 0 Å². The molecule has 1 aliphatic rings. The summed E-state index contributed by atoms with van der Waals surface area (Å²) in [5, 5.41) is 0. The van der Waals surface area contributed by atoms with E-state index < -0.39 is 25.4 Å². The third-order valence-corrected chi connectivity index (χ3v) is 1.58. The van der Waals surface area contributed by atoms with Gasteiger partial charge in [-0.2, -0.15) is 0 Å². The second-order valence-corrected chi connectivity index (χ2v) is 2.43. The van der Waals surface area contributed by atoms with Gasteiger partial charge in [0.25, 0.3) is 0 Å². The molecule has 0 spiro atoms. The molecular formula is C10H13NO. The first-order valence-electron chi connectivity index (χ1n) is 7.02. The maximum Gasteiger partial charge on any atom is 0.0573 e. The van der Waals surface area contributed by atoms with Gasteiger partial charge >= 0.3 is 0 Å². The van der Waals surface area contributed by atoms with Crippen LogP contribution in [0, 0.1) is 0 Å². The van der Waals surface area contributed by atoms with Gasteiger partial charge in [0.1, 0.15) is 0 Å². The minimum atomic E-state index is -2.90. The van der Waals surface area contributed by atoms with E-state index in [0.29, 0.717) is 5.69 Å². The lowest BCUT2D eigenvalue weighted by atomic mass is 9.98. The molecular weight excluding hydrogens is 150 g/mol. The van der Waals surface area contributed by atoms with Gasteiger partial charge in [-0.3, -0.25) is 0 Å². The molecule has 64 valence electrons. The molecule has 12 heavy (non-hydrogen) atoms. The van der Waals surface area contributed by atoms with Crippen LogP contribution in [-0.2, 0) is 4.74 Å². The highest BCUT2D eigenvalue weighted by Gasteiger charge is 2.16. The van der Waals surface area contributed by atoms with E-state index in [0.717, 1.165) is 0 Å². The highest BCUT2D eigenvalue weighted by Crippen LogP contribution is 2.25. The lowest BCUT2D eigenvalue weighted by Crippen LogP contribution is -1.97. The molecule has 0 aromatic heterocycles. The number of benzene rings is 1. The molecule has 1 unspecified atom stereocenters. The molecule has 2 heteroatoms. The van der Waals surface area contributed by atoms with E-state index in [-0.39, 0.29) is 5.56 Å². The summed E-state index contributed by atoms with van der Waals surface area (Å²) >= 11 is 0. The van der Waals surface area contributed by atoms with Gasteiger partial charge < -0.3 is 10.5 Å². The summed E-state index contributed by atoms with van der Waals surface area (Å²) in [6, 6.07) is 5.43. The Balaban J connectivity index is 2.66. The van der Waals surface area contributed by atoms with Gasteiger partial charge in [0, 0.05) is 22.3 Å². The first-order valence-corrected chi connectivity index (χ1v) is 3.52. The average molecular weight is 170 g/mol. The Hall–Kier alpha value is -1.02. The summed E-state index contributed by atoms with van der Waals surface area (Å²) in [6.07, 6.45) is -2.86. The van der Waals surface area contributed by atoms with E-state index in [1.807, 2.05) is 0 Å². The van der Waals surface area contributed by atoms with Gasteiger partial charge in [-0.1, -0.05) is 12.1 Å². The quantitative estimate of drug-likeness (QED) is 0.652. The van der Waals surface area contributed by atoms with Crippen LogP contribution < -0.4 is 5.73 Å². The van der Waals surface area contributed by atoms with Gasteiger partial charge in [0.05, 0.1) is 12.0 Å². The van der Waals surface area contributed by atoms with Crippen molar-refractivity contribution in [1.82, 2.24) is 0 Å². The van der Waals surface area contributed by atoms with E-state index in [2.05, 4.69) is 4.74 Å². The number of rotatable bonds is 1. The topological polar surface area (TPSA) is 35.2 Å². The molecule has 1 saturated heterocycles. The van der Waals surface area contributed by atoms with Gasteiger partial charge in [0.15, 0.2) is 0 Å². The maximum atomic E-state index is 8.20. The van der Waals surface area contributed by atoms with Crippen molar-refractivity contribution < 1.29 is 14.3 Å². The van der Waals surface area contributed by atoms with E-state index in [1.54, 1.807) is 0 Å². The molecule has 0 aliphatic carbocycles. The van der Waals surface area contributed by atoms with Crippen LogP contribution in [0.5, 0.6) is 0 Å². The zero-order valence-corrected chi connectivity index (χ0v) is 6.29. The van der Waals surface area contributed by atoms with Crippen LogP contribution >= 0.6 is 0 Å². The van der Waals surface area contributed by atoms with Crippen molar-refractivity contribution in [2.45, 2.75) is 12.3 Å². The average Bonchev–Trinajstić information content (AvgIpc) is 2.35. The highest BCUT2D eigenvalue weighted by molar-refractivity contribution is 5.40. The van der Waals surface area contributed by atoms with Gasteiger partial charge in [-0.05, 0) is 24.1 Å². The Bertz CT molecular complexity index is 501. The monoisotopic (exact) mass is 170 g/mol. The number of hydrogen-bond donors (Lipinski definition) is 1. The highest BCUT2D eigenvalue weighted by atomic mass is 16.5. The van der Waals surface area contributed by atoms with E-state index >= 15 is 0 Å². The summed E-state index contributed by atoms with van der Waals surface area (Å²) in [4.78, 5) is 0. The molecule has 2 nitrogen and oxygen atoms in total. The number of ether oxygens (including phenoxy) is 1. The number of hydrogen-bond acceptors (Lipinski definition) is 2. The predicted molar refractivity (Wildman–Crippen MR) is 49.0 cm³/mol. The first-order chi connectivity index (χ1) is 8.46. The Labute approximate surface area is 82.2 Å². The van der Waals surface area contributed by atoms with Crippen LogP contribution in [0.3, 0.4) is 0 Å². The second-order valence-electron chi connectivity index (χ2n) is 2.43.